The minimum absolute atomic E-state index is 0.0939. The third kappa shape index (κ3) is 6.07. The third-order valence-corrected chi connectivity index (χ3v) is 13.8. The summed E-state index contributed by atoms with van der Waals surface area (Å²) in [6.07, 6.45) is 19.9. The molecule has 0 aromatic heterocycles. The Labute approximate surface area is 241 Å². The quantitative estimate of drug-likeness (QED) is 0.241. The van der Waals surface area contributed by atoms with E-state index >= 15 is 0 Å². The molecule has 5 aliphatic rings. The van der Waals surface area contributed by atoms with E-state index in [1.165, 1.54) is 37.7 Å². The van der Waals surface area contributed by atoms with Crippen LogP contribution < -0.4 is 0 Å². The lowest BCUT2D eigenvalue weighted by molar-refractivity contribution is 0.153. The fraction of sp³-hybridized carbons (Fsp3) is 0.812. The Morgan fingerprint density at radius 1 is 0.650 bits per heavy atom. The Bertz CT molecular complexity index is 1220. The average Bonchev–Trinajstić information content (AvgIpc) is 3.60. The van der Waals surface area contributed by atoms with Crippen LogP contribution in [0.3, 0.4) is 0 Å². The molecule has 0 aliphatic heterocycles. The molecule has 5 aliphatic carbocycles. The molecule has 1 N–H and O–H groups in total. The highest BCUT2D eigenvalue weighted by Crippen LogP contribution is 2.52. The van der Waals surface area contributed by atoms with Crippen molar-refractivity contribution in [3.63, 3.8) is 0 Å². The van der Waals surface area contributed by atoms with Gasteiger partial charge in [0.2, 0.25) is 5.44 Å². The smallest absolute Gasteiger partial charge is 0.284 e. The van der Waals surface area contributed by atoms with Gasteiger partial charge in [-0.2, -0.15) is 16.8 Å². The first-order valence-corrected chi connectivity index (χ1v) is 19.2. The van der Waals surface area contributed by atoms with Crippen LogP contribution in [0.2, 0.25) is 0 Å². The van der Waals surface area contributed by atoms with Crippen molar-refractivity contribution in [2.75, 3.05) is 0 Å². The molecule has 40 heavy (non-hydrogen) atoms. The molecule has 4 atom stereocenters. The fourth-order valence-electron chi connectivity index (χ4n) is 9.23. The van der Waals surface area contributed by atoms with Gasteiger partial charge in [0.25, 0.3) is 20.2 Å². The Balaban J connectivity index is 1.46. The van der Waals surface area contributed by atoms with Gasteiger partial charge in [0.15, 0.2) is 0 Å². The van der Waals surface area contributed by atoms with Crippen LogP contribution in [0.25, 0.3) is 0 Å². The average molecular weight is 593 g/mol. The van der Waals surface area contributed by atoms with Crippen LogP contribution in [0.15, 0.2) is 17.0 Å². The molecular weight excluding hydrogens is 544 g/mol. The summed E-state index contributed by atoms with van der Waals surface area (Å²) in [6, 6.07) is 4.35. The standard InChI is InChI=1S/C32H48O6S2/c33-39(34,35)32(30-19-22-16-17-26(30)18-22)38-40(36,37)31-28(24-12-6-2-7-13-24)20-27(23-10-4-1-5-11-23)21-29(31)25-14-8-3-9-15-25/h20-26,30,32H,1-19H2,(H,33,34,35). The first-order valence-electron chi connectivity index (χ1n) is 16.3. The van der Waals surface area contributed by atoms with E-state index in [2.05, 4.69) is 12.1 Å². The second kappa shape index (κ2) is 12.0. The zero-order valence-corrected chi connectivity index (χ0v) is 25.6. The predicted molar refractivity (Wildman–Crippen MR) is 156 cm³/mol. The summed E-state index contributed by atoms with van der Waals surface area (Å²) in [4.78, 5) is 0.252. The molecule has 0 radical (unpaired) electrons. The van der Waals surface area contributed by atoms with E-state index in [1.54, 1.807) is 0 Å². The molecule has 5 saturated carbocycles. The molecule has 1 aromatic rings. The van der Waals surface area contributed by atoms with Gasteiger partial charge >= 0.3 is 0 Å². The lowest BCUT2D eigenvalue weighted by atomic mass is 9.76. The first-order chi connectivity index (χ1) is 19.2. The number of fused-ring (bicyclic) bond motifs is 2. The molecule has 0 spiro atoms. The summed E-state index contributed by atoms with van der Waals surface area (Å²) in [5, 5.41) is 0. The van der Waals surface area contributed by atoms with Gasteiger partial charge in [-0.05, 0) is 104 Å². The maximum Gasteiger partial charge on any atom is 0.298 e. The van der Waals surface area contributed by atoms with Crippen LogP contribution in [0.4, 0.5) is 0 Å². The highest BCUT2D eigenvalue weighted by molar-refractivity contribution is 7.89. The zero-order chi connectivity index (χ0) is 27.9. The maximum atomic E-state index is 14.5. The molecule has 4 unspecified atom stereocenters. The van der Waals surface area contributed by atoms with E-state index in [1.807, 2.05) is 0 Å². The molecule has 0 amide bonds. The molecule has 0 saturated heterocycles. The number of hydrogen-bond donors (Lipinski definition) is 1. The van der Waals surface area contributed by atoms with Crippen LogP contribution in [0.1, 0.15) is 156 Å². The molecule has 0 heterocycles. The minimum Gasteiger partial charge on any atom is -0.284 e. The van der Waals surface area contributed by atoms with E-state index in [0.717, 1.165) is 94.6 Å². The van der Waals surface area contributed by atoms with Crippen molar-refractivity contribution < 1.29 is 25.6 Å². The molecule has 2 bridgehead atoms. The van der Waals surface area contributed by atoms with Gasteiger partial charge in [0.05, 0.1) is 0 Å². The zero-order valence-electron chi connectivity index (χ0n) is 23.9. The highest BCUT2D eigenvalue weighted by atomic mass is 32.2. The summed E-state index contributed by atoms with van der Waals surface area (Å²) < 4.78 is 70.5. The van der Waals surface area contributed by atoms with E-state index in [4.69, 9.17) is 4.18 Å². The molecule has 5 fully saturated rings. The van der Waals surface area contributed by atoms with Gasteiger partial charge in [0, 0.05) is 5.92 Å². The lowest BCUT2D eigenvalue weighted by Gasteiger charge is -2.33. The largest absolute Gasteiger partial charge is 0.298 e. The summed E-state index contributed by atoms with van der Waals surface area (Å²) in [5.74, 6) is 0.753. The van der Waals surface area contributed by atoms with Crippen molar-refractivity contribution in [3.05, 3.63) is 28.8 Å². The highest BCUT2D eigenvalue weighted by Gasteiger charge is 2.50. The topological polar surface area (TPSA) is 97.7 Å². The van der Waals surface area contributed by atoms with E-state index in [-0.39, 0.29) is 22.6 Å². The second-order valence-corrected chi connectivity index (χ2v) is 16.8. The molecular formula is C32H48O6S2. The van der Waals surface area contributed by atoms with E-state index in [9.17, 15) is 21.4 Å². The Kier molecular flexibility index (Phi) is 8.71. The van der Waals surface area contributed by atoms with Crippen molar-refractivity contribution in [2.24, 2.45) is 17.8 Å². The minimum atomic E-state index is -4.71. The van der Waals surface area contributed by atoms with Gasteiger partial charge in [0.1, 0.15) is 4.90 Å². The van der Waals surface area contributed by atoms with Crippen LogP contribution in [0.5, 0.6) is 0 Å². The Hall–Kier alpha value is -0.960. The summed E-state index contributed by atoms with van der Waals surface area (Å²) >= 11 is 0. The summed E-state index contributed by atoms with van der Waals surface area (Å²) in [6.45, 7) is 0. The number of rotatable bonds is 8. The fourth-order valence-corrected chi connectivity index (χ4v) is 12.2. The first kappa shape index (κ1) is 29.1. The van der Waals surface area contributed by atoms with E-state index in [0.29, 0.717) is 18.3 Å². The molecule has 8 heteroatoms. The summed E-state index contributed by atoms with van der Waals surface area (Å²) in [5.41, 5.74) is 1.29. The third-order valence-electron chi connectivity index (χ3n) is 11.2. The van der Waals surface area contributed by atoms with Crippen molar-refractivity contribution >= 4 is 20.2 Å². The van der Waals surface area contributed by atoms with Crippen molar-refractivity contribution in [1.29, 1.82) is 0 Å². The maximum absolute atomic E-state index is 14.5. The van der Waals surface area contributed by atoms with Gasteiger partial charge in [-0.3, -0.25) is 4.55 Å². The number of benzene rings is 1. The van der Waals surface area contributed by atoms with Crippen molar-refractivity contribution in [3.8, 4) is 0 Å². The Morgan fingerprint density at radius 3 is 1.57 bits per heavy atom. The van der Waals surface area contributed by atoms with Gasteiger partial charge in [-0.15, -0.1) is 0 Å². The van der Waals surface area contributed by atoms with Crippen molar-refractivity contribution in [1.82, 2.24) is 0 Å². The van der Waals surface area contributed by atoms with Crippen LogP contribution in [-0.4, -0.2) is 26.8 Å². The monoisotopic (exact) mass is 592 g/mol. The number of hydrogen-bond acceptors (Lipinski definition) is 5. The lowest BCUT2D eigenvalue weighted by Crippen LogP contribution is -2.37. The van der Waals surface area contributed by atoms with Gasteiger partial charge in [-0.25, -0.2) is 4.18 Å². The predicted octanol–water partition coefficient (Wildman–Crippen LogP) is 8.19. The van der Waals surface area contributed by atoms with Gasteiger partial charge < -0.3 is 0 Å². The molecule has 6 nitrogen and oxygen atoms in total. The van der Waals surface area contributed by atoms with Crippen LogP contribution in [-0.2, 0) is 24.4 Å². The van der Waals surface area contributed by atoms with Crippen LogP contribution in [0, 0.1) is 17.8 Å². The van der Waals surface area contributed by atoms with Gasteiger partial charge in [-0.1, -0.05) is 76.3 Å². The molecule has 6 rings (SSSR count). The summed E-state index contributed by atoms with van der Waals surface area (Å²) in [7, 11) is -9.16. The molecule has 224 valence electrons. The second-order valence-electron chi connectivity index (χ2n) is 13.8. The van der Waals surface area contributed by atoms with Crippen molar-refractivity contribution in [2.45, 2.75) is 150 Å². The van der Waals surface area contributed by atoms with E-state index < -0.39 is 31.6 Å². The normalized spacial score (nSPS) is 30.1. The SMILES string of the molecule is O=S(=O)(OC(C1CC2CCC1C2)S(=O)(=O)O)c1c(C2CCCCC2)cc(C2CCCCC2)cc1C1CCCCC1. The Morgan fingerprint density at radius 2 is 1.15 bits per heavy atom. The molecule has 1 aromatic carbocycles. The van der Waals surface area contributed by atoms with Crippen LogP contribution >= 0.6 is 0 Å².